The first-order valence-corrected chi connectivity index (χ1v) is 13.7. The summed E-state index contributed by atoms with van der Waals surface area (Å²) < 4.78 is 14.1. The summed E-state index contributed by atoms with van der Waals surface area (Å²) in [6.45, 7) is 13.2. The first-order valence-electron chi connectivity index (χ1n) is 13.7. The third kappa shape index (κ3) is 3.59. The van der Waals surface area contributed by atoms with Crippen molar-refractivity contribution in [3.63, 3.8) is 0 Å². The van der Waals surface area contributed by atoms with E-state index in [9.17, 15) is 4.79 Å². The quantitative estimate of drug-likeness (QED) is 0.483. The predicted octanol–water partition coefficient (Wildman–Crippen LogP) is 6.92. The number of ether oxygens (including phenoxy) is 2. The lowest BCUT2D eigenvalue weighted by Gasteiger charge is -2.40. The lowest BCUT2D eigenvalue weighted by Crippen LogP contribution is -2.35. The van der Waals surface area contributed by atoms with E-state index in [0.717, 1.165) is 76.8 Å². The minimum absolute atomic E-state index is 0.112. The third-order valence-electron chi connectivity index (χ3n) is 8.85. The summed E-state index contributed by atoms with van der Waals surface area (Å²) in [5, 5.41) is 9.13. The van der Waals surface area contributed by atoms with Crippen LogP contribution in [-0.2, 0) is 19.7 Å². The molecule has 2 heterocycles. The summed E-state index contributed by atoms with van der Waals surface area (Å²) in [7, 11) is 3.53. The fourth-order valence-electron chi connectivity index (χ4n) is 7.22. The number of ketones is 1. The number of methoxy groups -OCH3 is 2. The molecule has 3 aliphatic carbocycles. The van der Waals surface area contributed by atoms with Gasteiger partial charge in [0.25, 0.3) is 0 Å². The number of anilines is 1. The van der Waals surface area contributed by atoms with Crippen LogP contribution in [0.15, 0.2) is 52.1 Å². The number of nitrogens with one attached hydrogen (secondary N) is 1. The summed E-state index contributed by atoms with van der Waals surface area (Å²) in [6.07, 6.45) is 3.69. The van der Waals surface area contributed by atoms with Crippen LogP contribution in [0.25, 0.3) is 5.69 Å². The Morgan fingerprint density at radius 3 is 2.37 bits per heavy atom. The Morgan fingerprint density at radius 1 is 0.974 bits per heavy atom. The highest BCUT2D eigenvalue weighted by molar-refractivity contribution is 6.02. The van der Waals surface area contributed by atoms with Gasteiger partial charge in [-0.3, -0.25) is 4.79 Å². The maximum Gasteiger partial charge on any atom is 0.162 e. The minimum atomic E-state index is -0.278. The molecular formula is C32H39N3O3. The van der Waals surface area contributed by atoms with Gasteiger partial charge in [-0.25, -0.2) is 4.68 Å². The molecule has 2 aromatic rings. The van der Waals surface area contributed by atoms with E-state index in [1.54, 1.807) is 14.2 Å². The Balaban J connectivity index is 1.72. The van der Waals surface area contributed by atoms with Crippen molar-refractivity contribution in [2.24, 2.45) is 5.41 Å². The van der Waals surface area contributed by atoms with Crippen LogP contribution in [0.4, 0.5) is 5.82 Å². The predicted molar refractivity (Wildman–Crippen MR) is 149 cm³/mol. The lowest BCUT2D eigenvalue weighted by atomic mass is 9.67. The molecule has 1 unspecified atom stereocenters. The molecule has 1 atom stereocenters. The molecule has 6 heteroatoms. The highest BCUT2D eigenvalue weighted by Crippen LogP contribution is 2.58. The molecule has 1 aromatic carbocycles. The monoisotopic (exact) mass is 513 g/mol. The standard InChI is InChI=1S/C32H39N3O3/c1-17-9-10-21(18(2)13-17)35-30-28-27(26-20(33-30)15-31(3,4)16-22(26)36)25-19(14-32(5,6)29(28)34-35)23(37-7)11-12-24(25)38-8/h9-10,13,27,33H,11-12,14-16H2,1-8H3. The number of fused-ring (bicyclic) bond motifs is 3. The molecule has 6 rings (SSSR count). The second-order valence-corrected chi connectivity index (χ2v) is 12.9. The first-order chi connectivity index (χ1) is 18.0. The van der Waals surface area contributed by atoms with Gasteiger partial charge >= 0.3 is 0 Å². The molecule has 0 spiro atoms. The van der Waals surface area contributed by atoms with E-state index < -0.39 is 0 Å². The van der Waals surface area contributed by atoms with Crippen LogP contribution in [-0.4, -0.2) is 29.8 Å². The van der Waals surface area contributed by atoms with Crippen LogP contribution < -0.4 is 5.32 Å². The molecule has 4 aliphatic rings. The van der Waals surface area contributed by atoms with Gasteiger partial charge < -0.3 is 14.8 Å². The van der Waals surface area contributed by atoms with E-state index >= 15 is 0 Å². The van der Waals surface area contributed by atoms with Crippen LogP contribution >= 0.6 is 0 Å². The molecule has 200 valence electrons. The topological polar surface area (TPSA) is 65.4 Å². The molecule has 0 saturated heterocycles. The van der Waals surface area contributed by atoms with Gasteiger partial charge in [0.1, 0.15) is 11.6 Å². The number of aryl methyl sites for hydroxylation is 2. The second-order valence-electron chi connectivity index (χ2n) is 12.9. The third-order valence-corrected chi connectivity index (χ3v) is 8.85. The zero-order chi connectivity index (χ0) is 27.1. The zero-order valence-electron chi connectivity index (χ0n) is 24.0. The van der Waals surface area contributed by atoms with Crippen LogP contribution in [0, 0.1) is 19.3 Å². The number of hydrogen-bond acceptors (Lipinski definition) is 5. The minimum Gasteiger partial charge on any atom is -0.501 e. The van der Waals surface area contributed by atoms with Crippen LogP contribution in [0.3, 0.4) is 0 Å². The van der Waals surface area contributed by atoms with E-state index in [1.807, 2.05) is 0 Å². The fraction of sp³-hybridized carbons (Fsp3) is 0.500. The van der Waals surface area contributed by atoms with Gasteiger partial charge in [-0.1, -0.05) is 45.4 Å². The summed E-state index contributed by atoms with van der Waals surface area (Å²) in [5.41, 5.74) is 9.42. The lowest BCUT2D eigenvalue weighted by molar-refractivity contribution is -0.118. The van der Waals surface area contributed by atoms with Crippen molar-refractivity contribution in [1.82, 2.24) is 9.78 Å². The Morgan fingerprint density at radius 2 is 1.68 bits per heavy atom. The Hall–Kier alpha value is -3.28. The number of hydrogen-bond donors (Lipinski definition) is 1. The van der Waals surface area contributed by atoms with Gasteiger partial charge in [0.2, 0.25) is 0 Å². The molecule has 0 fully saturated rings. The van der Waals surface area contributed by atoms with Crippen molar-refractivity contribution in [2.75, 3.05) is 19.5 Å². The highest BCUT2D eigenvalue weighted by Gasteiger charge is 2.50. The van der Waals surface area contributed by atoms with Gasteiger partial charge in [0, 0.05) is 53.0 Å². The smallest absolute Gasteiger partial charge is 0.162 e. The zero-order valence-corrected chi connectivity index (χ0v) is 24.0. The second kappa shape index (κ2) is 8.36. The van der Waals surface area contributed by atoms with Gasteiger partial charge in [-0.15, -0.1) is 0 Å². The average Bonchev–Trinajstić information content (AvgIpc) is 3.17. The number of allylic oxidation sites excluding steroid dienone is 6. The maximum atomic E-state index is 14.0. The summed E-state index contributed by atoms with van der Waals surface area (Å²) >= 11 is 0. The molecule has 0 saturated carbocycles. The van der Waals surface area contributed by atoms with E-state index in [2.05, 4.69) is 69.7 Å². The Bertz CT molecular complexity index is 1480. The van der Waals surface area contributed by atoms with Crippen molar-refractivity contribution in [3.8, 4) is 5.69 Å². The highest BCUT2D eigenvalue weighted by atomic mass is 16.5. The van der Waals surface area contributed by atoms with Crippen LogP contribution in [0.2, 0.25) is 0 Å². The van der Waals surface area contributed by atoms with E-state index in [1.165, 1.54) is 16.7 Å². The maximum absolute atomic E-state index is 14.0. The number of Topliss-reactive ketones (excluding diaryl/α,β-unsaturated/α-hetero) is 1. The van der Waals surface area contributed by atoms with Gasteiger partial charge in [0.15, 0.2) is 5.78 Å². The van der Waals surface area contributed by atoms with E-state index in [4.69, 9.17) is 14.6 Å². The van der Waals surface area contributed by atoms with Crippen molar-refractivity contribution in [3.05, 3.63) is 74.5 Å². The summed E-state index contributed by atoms with van der Waals surface area (Å²) in [6, 6.07) is 6.51. The van der Waals surface area contributed by atoms with Crippen LogP contribution in [0.5, 0.6) is 0 Å². The number of carbonyl (C=O) groups excluding carboxylic acids is 1. The van der Waals surface area contributed by atoms with E-state index in [0.29, 0.717) is 6.42 Å². The molecule has 1 aromatic heterocycles. The number of benzene rings is 1. The molecule has 1 aliphatic heterocycles. The molecule has 1 N–H and O–H groups in total. The molecule has 38 heavy (non-hydrogen) atoms. The van der Waals surface area contributed by atoms with Crippen molar-refractivity contribution in [2.45, 2.75) is 85.0 Å². The van der Waals surface area contributed by atoms with Gasteiger partial charge in [-0.05, 0) is 49.3 Å². The number of nitrogens with zero attached hydrogens (tertiary/aromatic N) is 2. The summed E-state index contributed by atoms with van der Waals surface area (Å²) in [5.74, 6) is 2.94. The summed E-state index contributed by atoms with van der Waals surface area (Å²) in [4.78, 5) is 14.0. The molecule has 0 bridgehead atoms. The first kappa shape index (κ1) is 25.0. The average molecular weight is 514 g/mol. The van der Waals surface area contributed by atoms with Crippen molar-refractivity contribution < 1.29 is 14.3 Å². The molecule has 0 amide bonds. The largest absolute Gasteiger partial charge is 0.501 e. The molecular weight excluding hydrogens is 474 g/mol. The number of rotatable bonds is 3. The normalized spacial score (nSPS) is 23.4. The Kier molecular flexibility index (Phi) is 5.50. The van der Waals surface area contributed by atoms with Crippen molar-refractivity contribution in [1.29, 1.82) is 0 Å². The number of carbonyl (C=O) groups is 1. The number of aromatic nitrogens is 2. The fourth-order valence-corrected chi connectivity index (χ4v) is 7.22. The van der Waals surface area contributed by atoms with Crippen molar-refractivity contribution >= 4 is 11.6 Å². The SMILES string of the molecule is COC1=C2CC(C)(C)c3nn(-c4ccc(C)cc4C)c4c3C(C3=C(CC(C)(C)CC3=O)N4)C2=C(OC)CC1. The van der Waals surface area contributed by atoms with Gasteiger partial charge in [-0.2, -0.15) is 5.10 Å². The van der Waals surface area contributed by atoms with Gasteiger partial charge in [0.05, 0.1) is 31.4 Å². The Labute approximate surface area is 225 Å². The van der Waals surface area contributed by atoms with E-state index in [-0.39, 0.29) is 22.5 Å². The molecule has 6 nitrogen and oxygen atoms in total. The molecule has 0 radical (unpaired) electrons. The van der Waals surface area contributed by atoms with Crippen LogP contribution in [0.1, 0.15) is 88.1 Å².